The first-order chi connectivity index (χ1) is 13.8. The molecule has 0 saturated heterocycles. The van der Waals surface area contributed by atoms with Crippen molar-refractivity contribution in [3.05, 3.63) is 65.2 Å². The van der Waals surface area contributed by atoms with Crippen LogP contribution in [-0.4, -0.2) is 38.1 Å². The van der Waals surface area contributed by atoms with Gasteiger partial charge >= 0.3 is 0 Å². The number of nitroso groups, excluding NO2 is 1. The molecule has 2 atom stereocenters. The van der Waals surface area contributed by atoms with Crippen LogP contribution in [0.1, 0.15) is 13.8 Å². The number of aliphatic imine (C=N–C) groups is 1. The zero-order valence-electron chi connectivity index (χ0n) is 17.4. The Labute approximate surface area is 173 Å². The monoisotopic (exact) mass is 396 g/mol. The van der Waals surface area contributed by atoms with Crippen LogP contribution in [0.4, 0.5) is 0 Å². The lowest BCUT2D eigenvalue weighted by molar-refractivity contribution is 0.164. The van der Waals surface area contributed by atoms with Gasteiger partial charge in [0.25, 0.3) is 0 Å². The molecule has 0 bridgehead atoms. The van der Waals surface area contributed by atoms with Crippen molar-refractivity contribution in [2.75, 3.05) is 20.8 Å². The van der Waals surface area contributed by atoms with E-state index in [9.17, 15) is 4.91 Å². The summed E-state index contributed by atoms with van der Waals surface area (Å²) in [6.07, 6.45) is 13.0. The van der Waals surface area contributed by atoms with Gasteiger partial charge in [-0.2, -0.15) is 0 Å². The van der Waals surface area contributed by atoms with Crippen molar-refractivity contribution in [3.63, 3.8) is 0 Å². The molecule has 0 aromatic rings. The first-order valence-electron chi connectivity index (χ1n) is 8.67. The molecular weight excluding hydrogens is 368 g/mol. The zero-order valence-corrected chi connectivity index (χ0v) is 17.4. The SMILES string of the molecule is C#C/C=C(\C(C)COC)C(C)N(N)/C=C/N=CC(=C)C#C/C=C(/N=O)C(=C)OC. The molecule has 0 heterocycles. The van der Waals surface area contributed by atoms with Crippen molar-refractivity contribution in [2.24, 2.45) is 21.9 Å². The van der Waals surface area contributed by atoms with Crippen LogP contribution >= 0.6 is 0 Å². The number of terminal acetylenes is 1. The summed E-state index contributed by atoms with van der Waals surface area (Å²) in [5.74, 6) is 14.2. The Morgan fingerprint density at radius 3 is 2.55 bits per heavy atom. The van der Waals surface area contributed by atoms with Gasteiger partial charge in [-0.05, 0) is 23.7 Å². The van der Waals surface area contributed by atoms with E-state index in [4.69, 9.17) is 21.7 Å². The summed E-state index contributed by atoms with van der Waals surface area (Å²) < 4.78 is 10.0. The van der Waals surface area contributed by atoms with E-state index in [1.54, 1.807) is 19.4 Å². The molecule has 2 unspecified atom stereocenters. The van der Waals surface area contributed by atoms with Crippen LogP contribution in [0.25, 0.3) is 0 Å². The minimum absolute atomic E-state index is 0.0101. The minimum Gasteiger partial charge on any atom is -0.495 e. The minimum atomic E-state index is -0.140. The van der Waals surface area contributed by atoms with Crippen LogP contribution in [-0.2, 0) is 9.47 Å². The molecule has 0 aromatic carbocycles. The maximum atomic E-state index is 10.7. The number of allylic oxidation sites excluding steroid dienone is 3. The largest absolute Gasteiger partial charge is 0.495 e. The third-order valence-corrected chi connectivity index (χ3v) is 3.79. The number of methoxy groups -OCH3 is 2. The molecule has 0 rings (SSSR count). The van der Waals surface area contributed by atoms with Crippen LogP contribution in [0, 0.1) is 35.0 Å². The van der Waals surface area contributed by atoms with Crippen molar-refractivity contribution >= 4 is 6.21 Å². The molecule has 29 heavy (non-hydrogen) atoms. The molecule has 0 saturated carbocycles. The Hall–Kier alpha value is -3.39. The molecule has 0 fully saturated rings. The van der Waals surface area contributed by atoms with Gasteiger partial charge in [0.2, 0.25) is 0 Å². The highest BCUT2D eigenvalue weighted by Gasteiger charge is 2.18. The Balaban J connectivity index is 4.97. The van der Waals surface area contributed by atoms with Crippen LogP contribution in [0.3, 0.4) is 0 Å². The first kappa shape index (κ1) is 25.6. The molecule has 0 aromatic heterocycles. The predicted octanol–water partition coefficient (Wildman–Crippen LogP) is 3.30. The van der Waals surface area contributed by atoms with Gasteiger partial charge in [-0.1, -0.05) is 37.8 Å². The average molecular weight is 396 g/mol. The maximum Gasteiger partial charge on any atom is 0.157 e. The van der Waals surface area contributed by atoms with Crippen molar-refractivity contribution in [1.82, 2.24) is 5.01 Å². The molecule has 0 spiro atoms. The molecule has 154 valence electrons. The van der Waals surface area contributed by atoms with Crippen LogP contribution in [0.15, 0.2) is 70.5 Å². The Kier molecular flexibility index (Phi) is 12.9. The highest BCUT2D eigenvalue weighted by Crippen LogP contribution is 2.18. The molecule has 0 aliphatic heterocycles. The van der Waals surface area contributed by atoms with E-state index in [-0.39, 0.29) is 23.4 Å². The second-order valence-electron chi connectivity index (χ2n) is 5.91. The fourth-order valence-corrected chi connectivity index (χ4v) is 2.16. The van der Waals surface area contributed by atoms with E-state index in [1.165, 1.54) is 30.6 Å². The zero-order chi connectivity index (χ0) is 22.2. The third-order valence-electron chi connectivity index (χ3n) is 3.79. The number of hydrogen-bond acceptors (Lipinski definition) is 7. The summed E-state index contributed by atoms with van der Waals surface area (Å²) in [7, 11) is 3.02. The maximum absolute atomic E-state index is 10.7. The van der Waals surface area contributed by atoms with Gasteiger partial charge in [0, 0.05) is 43.3 Å². The molecule has 0 amide bonds. The number of nitrogens with zero attached hydrogens (tertiary/aromatic N) is 3. The number of hydrazine groups is 1. The van der Waals surface area contributed by atoms with Gasteiger partial charge in [-0.25, -0.2) is 5.84 Å². The Morgan fingerprint density at radius 2 is 2.00 bits per heavy atom. The first-order valence-corrected chi connectivity index (χ1v) is 8.67. The summed E-state index contributed by atoms with van der Waals surface area (Å²) in [5.41, 5.74) is 1.41. The Bertz CT molecular complexity index is 804. The topological polar surface area (TPSA) is 89.5 Å². The van der Waals surface area contributed by atoms with E-state index in [0.29, 0.717) is 12.2 Å². The summed E-state index contributed by atoms with van der Waals surface area (Å²) in [6.45, 7) is 11.8. The molecule has 0 aliphatic rings. The smallest absolute Gasteiger partial charge is 0.157 e. The molecule has 0 radical (unpaired) electrons. The average Bonchev–Trinajstić information content (AvgIpc) is 2.71. The number of nitrogens with two attached hydrogens (primary N) is 1. The summed E-state index contributed by atoms with van der Waals surface area (Å²) >= 11 is 0. The van der Waals surface area contributed by atoms with Crippen molar-refractivity contribution in [2.45, 2.75) is 19.9 Å². The normalized spacial score (nSPS) is 13.9. The predicted molar refractivity (Wildman–Crippen MR) is 118 cm³/mol. The van der Waals surface area contributed by atoms with Gasteiger partial charge in [0.15, 0.2) is 5.70 Å². The highest BCUT2D eigenvalue weighted by atomic mass is 16.5. The van der Waals surface area contributed by atoms with Crippen LogP contribution in [0.2, 0.25) is 0 Å². The van der Waals surface area contributed by atoms with Crippen molar-refractivity contribution in [1.29, 1.82) is 0 Å². The van der Waals surface area contributed by atoms with E-state index in [0.717, 1.165) is 5.57 Å². The molecule has 7 heteroatoms. The third kappa shape index (κ3) is 9.92. The van der Waals surface area contributed by atoms with Crippen molar-refractivity contribution in [3.8, 4) is 24.2 Å². The summed E-state index contributed by atoms with van der Waals surface area (Å²) in [5, 5.41) is 4.29. The van der Waals surface area contributed by atoms with Crippen LogP contribution < -0.4 is 5.84 Å². The number of hydrogen-bond donors (Lipinski definition) is 1. The van der Waals surface area contributed by atoms with E-state index >= 15 is 0 Å². The lowest BCUT2D eigenvalue weighted by atomic mass is 9.95. The van der Waals surface area contributed by atoms with Crippen molar-refractivity contribution < 1.29 is 9.47 Å². The fraction of sp³-hybridized carbons (Fsp3) is 0.318. The van der Waals surface area contributed by atoms with Gasteiger partial charge in [-0.15, -0.1) is 11.3 Å². The molecule has 7 nitrogen and oxygen atoms in total. The second-order valence-corrected chi connectivity index (χ2v) is 5.91. The van der Waals surface area contributed by atoms with E-state index < -0.39 is 0 Å². The fourth-order valence-electron chi connectivity index (χ4n) is 2.16. The van der Waals surface area contributed by atoms with Gasteiger partial charge in [0.05, 0.1) is 19.8 Å². The standard InChI is InChI=1S/C22H28N4O3/c1-8-10-21(18(3)16-28-6)19(4)26(23)14-13-24-15-17(2)11-9-12-22(25-27)20(5)29-7/h1,10,12-15,18-19H,2,5,16,23H2,3-4,6-7H3/b14-13+,21-10+,22-12+,24-15?. The van der Waals surface area contributed by atoms with Gasteiger partial charge in [0.1, 0.15) is 5.76 Å². The van der Waals surface area contributed by atoms with Crippen LogP contribution in [0.5, 0.6) is 0 Å². The summed E-state index contributed by atoms with van der Waals surface area (Å²) in [4.78, 5) is 14.7. The van der Waals surface area contributed by atoms with E-state index in [1.807, 2.05) is 13.8 Å². The van der Waals surface area contributed by atoms with Gasteiger partial charge in [-0.3, -0.25) is 4.99 Å². The molecule has 2 N–H and O–H groups in total. The Morgan fingerprint density at radius 1 is 1.31 bits per heavy atom. The number of rotatable bonds is 11. The van der Waals surface area contributed by atoms with E-state index in [2.05, 4.69) is 41.1 Å². The quantitative estimate of drug-likeness (QED) is 0.110. The van der Waals surface area contributed by atoms with Gasteiger partial charge < -0.3 is 14.5 Å². The lowest BCUT2D eigenvalue weighted by Gasteiger charge is -2.28. The number of ether oxygens (including phenoxy) is 2. The molecule has 0 aliphatic carbocycles. The lowest BCUT2D eigenvalue weighted by Crippen LogP contribution is -2.37. The second kappa shape index (κ2) is 14.6. The molecular formula is C22H28N4O3. The summed E-state index contributed by atoms with van der Waals surface area (Å²) in [6, 6.07) is -0.140. The highest BCUT2D eigenvalue weighted by molar-refractivity contribution is 5.84.